The van der Waals surface area contributed by atoms with E-state index in [0.717, 1.165) is 0 Å². The molecule has 0 saturated carbocycles. The van der Waals surface area contributed by atoms with E-state index in [-0.39, 0.29) is 5.75 Å². The van der Waals surface area contributed by atoms with Crippen LogP contribution in [0.15, 0.2) is 24.3 Å². The van der Waals surface area contributed by atoms with Crippen LogP contribution in [-0.4, -0.2) is 12.4 Å². The van der Waals surface area contributed by atoms with Crippen molar-refractivity contribution in [3.05, 3.63) is 29.8 Å². The van der Waals surface area contributed by atoms with Crippen molar-refractivity contribution in [2.75, 3.05) is 0 Å². The number of alkyl halides is 2. The Morgan fingerprint density at radius 2 is 1.85 bits per heavy atom. The average molecular weight is 186 g/mol. The summed E-state index contributed by atoms with van der Waals surface area (Å²) in [5.41, 5.74) is 0.423. The van der Waals surface area contributed by atoms with Gasteiger partial charge in [-0.1, -0.05) is 0 Å². The minimum Gasteiger partial charge on any atom is -0.433 e. The molecule has 0 aliphatic rings. The molecule has 2 nitrogen and oxygen atoms in total. The Labute approximate surface area is 74.1 Å². The van der Waals surface area contributed by atoms with Crippen LogP contribution in [0.25, 0.3) is 0 Å². The second kappa shape index (κ2) is 3.51. The second-order valence-corrected chi connectivity index (χ2v) is 2.60. The van der Waals surface area contributed by atoms with Crippen molar-refractivity contribution in [2.24, 2.45) is 0 Å². The minimum absolute atomic E-state index is 0.0399. The van der Waals surface area contributed by atoms with E-state index < -0.39 is 6.11 Å². The standard InChI is InChI=1S/C9H8F2O2/c1-9(10,11)13-8-4-2-7(6-12)3-5-8/h2-6H,1H3. The fourth-order valence-corrected chi connectivity index (χ4v) is 0.821. The van der Waals surface area contributed by atoms with E-state index >= 15 is 0 Å². The maximum atomic E-state index is 12.3. The predicted octanol–water partition coefficient (Wildman–Crippen LogP) is 2.49. The highest BCUT2D eigenvalue weighted by Gasteiger charge is 2.22. The molecule has 13 heavy (non-hydrogen) atoms. The molecule has 1 aromatic rings. The Morgan fingerprint density at radius 1 is 1.31 bits per heavy atom. The van der Waals surface area contributed by atoms with Gasteiger partial charge >= 0.3 is 6.11 Å². The van der Waals surface area contributed by atoms with Crippen LogP contribution in [0.3, 0.4) is 0 Å². The highest BCUT2D eigenvalue weighted by atomic mass is 19.3. The van der Waals surface area contributed by atoms with Crippen molar-refractivity contribution in [1.29, 1.82) is 0 Å². The number of aldehydes is 1. The summed E-state index contributed by atoms with van der Waals surface area (Å²) < 4.78 is 28.8. The molecule has 0 amide bonds. The third-order valence-corrected chi connectivity index (χ3v) is 1.31. The molecule has 0 N–H and O–H groups in total. The summed E-state index contributed by atoms with van der Waals surface area (Å²) >= 11 is 0. The van der Waals surface area contributed by atoms with E-state index in [0.29, 0.717) is 18.8 Å². The van der Waals surface area contributed by atoms with Gasteiger partial charge in [0.05, 0.1) is 0 Å². The van der Waals surface area contributed by atoms with E-state index in [4.69, 9.17) is 0 Å². The third kappa shape index (κ3) is 3.19. The fourth-order valence-electron chi connectivity index (χ4n) is 0.821. The summed E-state index contributed by atoms with van der Waals surface area (Å²) in [4.78, 5) is 10.2. The van der Waals surface area contributed by atoms with Crippen LogP contribution in [0.2, 0.25) is 0 Å². The molecule has 0 heterocycles. The van der Waals surface area contributed by atoms with E-state index in [1.54, 1.807) is 0 Å². The van der Waals surface area contributed by atoms with Gasteiger partial charge in [0, 0.05) is 12.5 Å². The Balaban J connectivity index is 2.75. The van der Waals surface area contributed by atoms with E-state index in [1.165, 1.54) is 24.3 Å². The Hall–Kier alpha value is -1.45. The highest BCUT2D eigenvalue weighted by molar-refractivity contribution is 5.74. The molecule has 1 aromatic carbocycles. The first-order valence-electron chi connectivity index (χ1n) is 3.63. The molecule has 0 radical (unpaired) electrons. The van der Waals surface area contributed by atoms with E-state index in [2.05, 4.69) is 4.74 Å². The molecule has 0 bridgehead atoms. The van der Waals surface area contributed by atoms with Gasteiger partial charge in [0.25, 0.3) is 0 Å². The van der Waals surface area contributed by atoms with Gasteiger partial charge in [0.1, 0.15) is 12.0 Å². The summed E-state index contributed by atoms with van der Waals surface area (Å²) in [6.45, 7) is 0.653. The van der Waals surface area contributed by atoms with Crippen molar-refractivity contribution >= 4 is 6.29 Å². The van der Waals surface area contributed by atoms with Crippen molar-refractivity contribution in [3.8, 4) is 5.75 Å². The second-order valence-electron chi connectivity index (χ2n) is 2.60. The minimum atomic E-state index is -3.19. The summed E-state index contributed by atoms with van der Waals surface area (Å²) in [6, 6.07) is 5.46. The number of hydrogen-bond acceptors (Lipinski definition) is 2. The zero-order valence-corrected chi connectivity index (χ0v) is 6.96. The monoisotopic (exact) mass is 186 g/mol. The van der Waals surface area contributed by atoms with Crippen LogP contribution in [0.1, 0.15) is 17.3 Å². The maximum Gasteiger partial charge on any atom is 0.394 e. The molecule has 4 heteroatoms. The first-order valence-corrected chi connectivity index (χ1v) is 3.63. The Kier molecular flexibility index (Phi) is 2.60. The van der Waals surface area contributed by atoms with Gasteiger partial charge in [-0.2, -0.15) is 8.78 Å². The van der Waals surface area contributed by atoms with Crippen LogP contribution in [0.5, 0.6) is 5.75 Å². The summed E-state index contributed by atoms with van der Waals surface area (Å²) in [7, 11) is 0. The Morgan fingerprint density at radius 3 is 2.23 bits per heavy atom. The number of halogens is 2. The molecule has 0 unspecified atom stereocenters. The van der Waals surface area contributed by atoms with Crippen molar-refractivity contribution in [1.82, 2.24) is 0 Å². The number of hydrogen-bond donors (Lipinski definition) is 0. The zero-order valence-electron chi connectivity index (χ0n) is 6.96. The fraction of sp³-hybridized carbons (Fsp3) is 0.222. The molecule has 1 rings (SSSR count). The molecule has 0 atom stereocenters. The smallest absolute Gasteiger partial charge is 0.394 e. The van der Waals surface area contributed by atoms with Gasteiger partial charge in [0.2, 0.25) is 0 Å². The zero-order chi connectivity index (χ0) is 9.90. The van der Waals surface area contributed by atoms with Gasteiger partial charge in [-0.3, -0.25) is 4.79 Å². The van der Waals surface area contributed by atoms with E-state index in [9.17, 15) is 13.6 Å². The quantitative estimate of drug-likeness (QED) is 0.678. The number of benzene rings is 1. The third-order valence-electron chi connectivity index (χ3n) is 1.31. The molecule has 0 aliphatic carbocycles. The average Bonchev–Trinajstić information content (AvgIpc) is 2.03. The number of ether oxygens (including phenoxy) is 1. The van der Waals surface area contributed by atoms with Crippen LogP contribution < -0.4 is 4.74 Å². The first-order chi connectivity index (χ1) is 6.01. The largest absolute Gasteiger partial charge is 0.433 e. The topological polar surface area (TPSA) is 26.3 Å². The maximum absolute atomic E-state index is 12.3. The van der Waals surface area contributed by atoms with Gasteiger partial charge in [0.15, 0.2) is 0 Å². The number of carbonyl (C=O) groups excluding carboxylic acids is 1. The molecule has 0 aromatic heterocycles. The summed E-state index contributed by atoms with van der Waals surface area (Å²) in [5.74, 6) is 0.0399. The lowest BCUT2D eigenvalue weighted by Crippen LogP contribution is -2.18. The Bertz CT molecular complexity index is 287. The van der Waals surface area contributed by atoms with Crippen LogP contribution in [0.4, 0.5) is 8.78 Å². The van der Waals surface area contributed by atoms with Gasteiger partial charge in [-0.25, -0.2) is 0 Å². The van der Waals surface area contributed by atoms with Gasteiger partial charge < -0.3 is 4.74 Å². The number of rotatable bonds is 3. The van der Waals surface area contributed by atoms with Gasteiger partial charge in [-0.15, -0.1) is 0 Å². The van der Waals surface area contributed by atoms with Gasteiger partial charge in [-0.05, 0) is 24.3 Å². The molecular weight excluding hydrogens is 178 g/mol. The predicted molar refractivity (Wildman–Crippen MR) is 43.1 cm³/mol. The highest BCUT2D eigenvalue weighted by Crippen LogP contribution is 2.20. The number of carbonyl (C=O) groups is 1. The lowest BCUT2D eigenvalue weighted by Gasteiger charge is -2.12. The molecule has 0 aliphatic heterocycles. The van der Waals surface area contributed by atoms with Crippen molar-refractivity contribution in [2.45, 2.75) is 13.0 Å². The molecule has 0 fully saturated rings. The van der Waals surface area contributed by atoms with Crippen molar-refractivity contribution in [3.63, 3.8) is 0 Å². The first kappa shape index (κ1) is 9.64. The van der Waals surface area contributed by atoms with Crippen LogP contribution in [-0.2, 0) is 0 Å². The lowest BCUT2D eigenvalue weighted by molar-refractivity contribution is -0.158. The normalized spacial score (nSPS) is 11.0. The van der Waals surface area contributed by atoms with Crippen LogP contribution in [0, 0.1) is 0 Å². The summed E-state index contributed by atoms with van der Waals surface area (Å²) in [6.07, 6.45) is -2.56. The SMILES string of the molecule is CC(F)(F)Oc1ccc(C=O)cc1. The molecular formula is C9H8F2O2. The molecule has 0 saturated heterocycles. The molecule has 70 valence electrons. The molecule has 0 spiro atoms. The summed E-state index contributed by atoms with van der Waals surface area (Å²) in [5, 5.41) is 0. The van der Waals surface area contributed by atoms with Crippen molar-refractivity contribution < 1.29 is 18.3 Å². The van der Waals surface area contributed by atoms with E-state index in [1.807, 2.05) is 0 Å². The van der Waals surface area contributed by atoms with Crippen LogP contribution >= 0.6 is 0 Å². The lowest BCUT2D eigenvalue weighted by atomic mass is 10.2.